The average molecular weight is 422 g/mol. The van der Waals surface area contributed by atoms with E-state index < -0.39 is 19.3 Å². The smallest absolute Gasteiger partial charge is 0.318 e. The number of pyridine rings is 1. The van der Waals surface area contributed by atoms with E-state index in [-0.39, 0.29) is 11.0 Å². The maximum Gasteiger partial charge on any atom is 0.318 e. The van der Waals surface area contributed by atoms with E-state index in [0.29, 0.717) is 0 Å². The molecule has 0 aromatic carbocycles. The standard InChI is InChI=1S/C24H43NO3Si/c1-22(2,3)28-21(26)24(7,20-16-12-14-18-25-20)17-13-10-11-15-19-27-29(8,9)23(4,5)6/h12,14,16,18H,10-11,13,15,17,19H2,1-9H3. The number of hydrogen-bond acceptors (Lipinski definition) is 4. The second-order valence-corrected chi connectivity index (χ2v) is 15.6. The Hall–Kier alpha value is -1.20. The Kier molecular flexibility index (Phi) is 9.09. The Morgan fingerprint density at radius 2 is 1.59 bits per heavy atom. The minimum Gasteiger partial charge on any atom is -0.459 e. The van der Waals surface area contributed by atoms with Gasteiger partial charge in [-0.25, -0.2) is 0 Å². The highest BCUT2D eigenvalue weighted by Gasteiger charge is 2.39. The van der Waals surface area contributed by atoms with Crippen LogP contribution in [0.1, 0.15) is 86.3 Å². The van der Waals surface area contributed by atoms with Gasteiger partial charge in [-0.3, -0.25) is 9.78 Å². The molecule has 1 aromatic heterocycles. The molecular weight excluding hydrogens is 378 g/mol. The molecule has 0 aliphatic heterocycles. The van der Waals surface area contributed by atoms with Crippen molar-refractivity contribution in [2.45, 2.75) is 110 Å². The van der Waals surface area contributed by atoms with E-state index in [9.17, 15) is 4.79 Å². The van der Waals surface area contributed by atoms with E-state index in [1.54, 1.807) is 6.20 Å². The molecule has 0 aliphatic carbocycles. The Balaban J connectivity index is 2.57. The van der Waals surface area contributed by atoms with Crippen LogP contribution >= 0.6 is 0 Å². The van der Waals surface area contributed by atoms with Crippen molar-refractivity contribution in [1.29, 1.82) is 0 Å². The predicted molar refractivity (Wildman–Crippen MR) is 124 cm³/mol. The summed E-state index contributed by atoms with van der Waals surface area (Å²) in [6, 6.07) is 5.74. The second-order valence-electron chi connectivity index (χ2n) is 10.8. The highest BCUT2D eigenvalue weighted by atomic mass is 28.4. The first-order valence-electron chi connectivity index (χ1n) is 11.0. The van der Waals surface area contributed by atoms with Crippen LogP contribution in [0.2, 0.25) is 18.1 Å². The highest BCUT2D eigenvalue weighted by Crippen LogP contribution is 2.36. The van der Waals surface area contributed by atoms with Crippen LogP contribution in [-0.4, -0.2) is 31.5 Å². The molecule has 0 amide bonds. The molecule has 0 bridgehead atoms. The van der Waals surface area contributed by atoms with E-state index in [0.717, 1.165) is 44.4 Å². The van der Waals surface area contributed by atoms with Crippen LogP contribution < -0.4 is 0 Å². The van der Waals surface area contributed by atoms with Gasteiger partial charge in [-0.05, 0) is 70.8 Å². The fourth-order valence-electron chi connectivity index (χ4n) is 2.89. The highest BCUT2D eigenvalue weighted by molar-refractivity contribution is 6.74. The summed E-state index contributed by atoms with van der Waals surface area (Å²) < 4.78 is 12.0. The van der Waals surface area contributed by atoms with Gasteiger partial charge in [0.1, 0.15) is 11.0 Å². The Morgan fingerprint density at radius 3 is 2.10 bits per heavy atom. The van der Waals surface area contributed by atoms with Gasteiger partial charge in [-0.1, -0.05) is 46.1 Å². The zero-order valence-corrected chi connectivity index (χ0v) is 21.2. The van der Waals surface area contributed by atoms with Crippen molar-refractivity contribution < 1.29 is 14.0 Å². The molecule has 0 N–H and O–H groups in total. The Labute approximate surface area is 179 Å². The van der Waals surface area contributed by atoms with Crippen LogP contribution in [-0.2, 0) is 19.4 Å². The minimum atomic E-state index is -1.65. The number of carbonyl (C=O) groups is 1. The molecule has 0 fully saturated rings. The lowest BCUT2D eigenvalue weighted by Gasteiger charge is -2.36. The zero-order valence-electron chi connectivity index (χ0n) is 20.2. The van der Waals surface area contributed by atoms with Gasteiger partial charge in [-0.2, -0.15) is 0 Å². The van der Waals surface area contributed by atoms with Crippen molar-refractivity contribution >= 4 is 14.3 Å². The third-order valence-corrected chi connectivity index (χ3v) is 10.5. The summed E-state index contributed by atoms with van der Waals surface area (Å²) in [5, 5.41) is 0.255. The number of ether oxygens (including phenoxy) is 1. The number of nitrogens with zero attached hydrogens (tertiary/aromatic N) is 1. The van der Waals surface area contributed by atoms with Gasteiger partial charge in [0.05, 0.1) is 5.69 Å². The van der Waals surface area contributed by atoms with Crippen molar-refractivity contribution in [2.75, 3.05) is 6.61 Å². The van der Waals surface area contributed by atoms with Crippen molar-refractivity contribution in [3.63, 3.8) is 0 Å². The summed E-state index contributed by atoms with van der Waals surface area (Å²) in [6.07, 6.45) is 6.71. The molecule has 0 spiro atoms. The fraction of sp³-hybridized carbons (Fsp3) is 0.750. The number of hydrogen-bond donors (Lipinski definition) is 0. The van der Waals surface area contributed by atoms with Gasteiger partial charge >= 0.3 is 5.97 Å². The average Bonchev–Trinajstić information content (AvgIpc) is 2.58. The third kappa shape index (κ3) is 8.21. The van der Waals surface area contributed by atoms with Gasteiger partial charge in [0.2, 0.25) is 0 Å². The second kappa shape index (κ2) is 10.2. The van der Waals surface area contributed by atoms with Crippen molar-refractivity contribution in [2.24, 2.45) is 0 Å². The molecular formula is C24H43NO3Si. The molecule has 1 heterocycles. The van der Waals surface area contributed by atoms with E-state index in [1.165, 1.54) is 0 Å². The summed E-state index contributed by atoms with van der Waals surface area (Å²) in [5.74, 6) is -0.190. The first-order valence-corrected chi connectivity index (χ1v) is 13.9. The fourth-order valence-corrected chi connectivity index (χ4v) is 3.98. The van der Waals surface area contributed by atoms with Crippen molar-refractivity contribution in [3.8, 4) is 0 Å². The van der Waals surface area contributed by atoms with Gasteiger partial charge in [0.25, 0.3) is 0 Å². The maximum atomic E-state index is 13.0. The molecule has 0 aliphatic rings. The SMILES string of the molecule is CC(C)(C)OC(=O)C(C)(CCCCCCO[Si](C)(C)C(C)(C)C)c1ccccn1. The molecule has 0 saturated heterocycles. The molecule has 5 heteroatoms. The molecule has 166 valence electrons. The molecule has 1 rings (SSSR count). The molecule has 1 unspecified atom stereocenters. The summed E-state index contributed by atoms with van der Waals surface area (Å²) >= 11 is 0. The summed E-state index contributed by atoms with van der Waals surface area (Å²) in [6.45, 7) is 19.9. The van der Waals surface area contributed by atoms with Gasteiger partial charge < -0.3 is 9.16 Å². The van der Waals surface area contributed by atoms with Crippen LogP contribution in [0.5, 0.6) is 0 Å². The van der Waals surface area contributed by atoms with Gasteiger partial charge in [-0.15, -0.1) is 0 Å². The van der Waals surface area contributed by atoms with E-state index in [2.05, 4.69) is 38.8 Å². The molecule has 1 atom stereocenters. The Bertz CT molecular complexity index is 632. The van der Waals surface area contributed by atoms with Crippen LogP contribution in [0.15, 0.2) is 24.4 Å². The Morgan fingerprint density at radius 1 is 0.966 bits per heavy atom. The third-order valence-electron chi connectivity index (χ3n) is 5.92. The van der Waals surface area contributed by atoms with Gasteiger partial charge in [0, 0.05) is 12.8 Å². The maximum absolute atomic E-state index is 13.0. The first-order chi connectivity index (χ1) is 13.2. The minimum absolute atomic E-state index is 0.190. The summed E-state index contributed by atoms with van der Waals surface area (Å²) in [5.41, 5.74) is -0.434. The summed E-state index contributed by atoms with van der Waals surface area (Å²) in [7, 11) is -1.65. The number of esters is 1. The largest absolute Gasteiger partial charge is 0.459 e. The summed E-state index contributed by atoms with van der Waals surface area (Å²) in [4.78, 5) is 17.4. The molecule has 1 aromatic rings. The topological polar surface area (TPSA) is 48.4 Å². The van der Waals surface area contributed by atoms with E-state index >= 15 is 0 Å². The normalized spacial score (nSPS) is 15.1. The molecule has 0 radical (unpaired) electrons. The predicted octanol–water partition coefficient (Wildman–Crippen LogP) is 6.65. The zero-order chi connectivity index (χ0) is 22.3. The lowest BCUT2D eigenvalue weighted by molar-refractivity contribution is -0.162. The number of rotatable bonds is 10. The molecule has 4 nitrogen and oxygen atoms in total. The van der Waals surface area contributed by atoms with E-state index in [4.69, 9.17) is 9.16 Å². The number of carbonyl (C=O) groups excluding carboxylic acids is 1. The van der Waals surface area contributed by atoms with E-state index in [1.807, 2.05) is 45.9 Å². The lowest BCUT2D eigenvalue weighted by Crippen LogP contribution is -2.41. The van der Waals surface area contributed by atoms with Crippen LogP contribution in [0.4, 0.5) is 0 Å². The van der Waals surface area contributed by atoms with Crippen molar-refractivity contribution in [3.05, 3.63) is 30.1 Å². The quantitative estimate of drug-likeness (QED) is 0.241. The van der Waals surface area contributed by atoms with Gasteiger partial charge in [0.15, 0.2) is 8.32 Å². The van der Waals surface area contributed by atoms with Crippen LogP contribution in [0, 0.1) is 0 Å². The molecule has 29 heavy (non-hydrogen) atoms. The molecule has 0 saturated carbocycles. The van der Waals surface area contributed by atoms with Crippen LogP contribution in [0.3, 0.4) is 0 Å². The monoisotopic (exact) mass is 421 g/mol. The first kappa shape index (κ1) is 25.8. The van der Waals surface area contributed by atoms with Crippen LogP contribution in [0.25, 0.3) is 0 Å². The number of unbranched alkanes of at least 4 members (excludes halogenated alkanes) is 3. The number of aromatic nitrogens is 1. The lowest BCUT2D eigenvalue weighted by atomic mass is 9.80. The van der Waals surface area contributed by atoms with Crippen molar-refractivity contribution in [1.82, 2.24) is 4.98 Å².